The Balaban J connectivity index is 1.55. The Hall–Kier alpha value is -1.58. The van der Waals surface area contributed by atoms with Crippen LogP contribution in [0.4, 0.5) is 5.69 Å². The lowest BCUT2D eigenvalue weighted by Gasteiger charge is -2.31. The van der Waals surface area contributed by atoms with E-state index in [1.165, 1.54) is 82.7 Å². The molecule has 0 spiro atoms. The lowest BCUT2D eigenvalue weighted by atomic mass is 9.89. The van der Waals surface area contributed by atoms with Crippen LogP contribution < -0.4 is 10.2 Å². The van der Waals surface area contributed by atoms with E-state index in [-0.39, 0.29) is 11.4 Å². The van der Waals surface area contributed by atoms with Crippen LogP contribution in [0.2, 0.25) is 0 Å². The number of rotatable bonds is 4. The molecule has 1 aromatic rings. The summed E-state index contributed by atoms with van der Waals surface area (Å²) >= 11 is 0. The Morgan fingerprint density at radius 1 is 0.931 bits per heavy atom. The monoisotopic (exact) mass is 397 g/mol. The van der Waals surface area contributed by atoms with Crippen molar-refractivity contribution in [2.75, 3.05) is 18.0 Å². The molecule has 0 atom stereocenters. The fourth-order valence-electron chi connectivity index (χ4n) is 5.57. The van der Waals surface area contributed by atoms with Gasteiger partial charge in [0.1, 0.15) is 5.69 Å². The SMILES string of the molecule is CC1(NC(=O)c2cc(N3CCCC3)cc(C3CCCC3)n2)CCCCCCCC1. The summed E-state index contributed by atoms with van der Waals surface area (Å²) < 4.78 is 0. The van der Waals surface area contributed by atoms with Crippen molar-refractivity contribution in [1.82, 2.24) is 10.3 Å². The number of hydrogen-bond donors (Lipinski definition) is 1. The van der Waals surface area contributed by atoms with Gasteiger partial charge in [-0.1, -0.05) is 51.4 Å². The molecule has 1 N–H and O–H groups in total. The molecular formula is C25H39N3O. The molecule has 4 rings (SSSR count). The molecule has 2 aliphatic carbocycles. The number of aromatic nitrogens is 1. The molecule has 29 heavy (non-hydrogen) atoms. The molecule has 3 aliphatic rings. The van der Waals surface area contributed by atoms with Crippen LogP contribution in [0.25, 0.3) is 0 Å². The van der Waals surface area contributed by atoms with Crippen LogP contribution in [0.1, 0.15) is 119 Å². The number of nitrogens with one attached hydrogen (secondary N) is 1. The normalized spacial score (nSPS) is 23.4. The summed E-state index contributed by atoms with van der Waals surface area (Å²) in [5.74, 6) is 0.566. The van der Waals surface area contributed by atoms with Crippen LogP contribution >= 0.6 is 0 Å². The lowest BCUT2D eigenvalue weighted by molar-refractivity contribution is 0.0888. The first-order valence-electron chi connectivity index (χ1n) is 12.2. The quantitative estimate of drug-likeness (QED) is 0.681. The van der Waals surface area contributed by atoms with E-state index in [0.717, 1.165) is 31.6 Å². The highest BCUT2D eigenvalue weighted by molar-refractivity contribution is 5.93. The molecule has 0 aromatic carbocycles. The van der Waals surface area contributed by atoms with Gasteiger partial charge in [0.15, 0.2) is 0 Å². The maximum atomic E-state index is 13.3. The van der Waals surface area contributed by atoms with E-state index in [4.69, 9.17) is 4.98 Å². The summed E-state index contributed by atoms with van der Waals surface area (Å²) in [6.07, 6.45) is 17.4. The van der Waals surface area contributed by atoms with Gasteiger partial charge in [0.25, 0.3) is 5.91 Å². The van der Waals surface area contributed by atoms with Crippen LogP contribution in [0.15, 0.2) is 12.1 Å². The van der Waals surface area contributed by atoms with Gasteiger partial charge in [-0.3, -0.25) is 4.79 Å². The fraction of sp³-hybridized carbons (Fsp3) is 0.760. The Morgan fingerprint density at radius 2 is 1.55 bits per heavy atom. The number of amides is 1. The summed E-state index contributed by atoms with van der Waals surface area (Å²) in [4.78, 5) is 20.7. The van der Waals surface area contributed by atoms with Gasteiger partial charge in [-0.05, 0) is 57.6 Å². The molecule has 3 fully saturated rings. The average Bonchev–Trinajstić information content (AvgIpc) is 3.44. The third-order valence-corrected chi connectivity index (χ3v) is 7.43. The largest absolute Gasteiger partial charge is 0.371 e. The van der Waals surface area contributed by atoms with Crippen molar-refractivity contribution in [3.05, 3.63) is 23.5 Å². The lowest BCUT2D eigenvalue weighted by Crippen LogP contribution is -2.46. The standard InChI is InChI=1S/C25H39N3O/c1-25(14-8-4-2-3-5-9-15-25)27-24(29)23-19-21(28-16-10-11-17-28)18-22(26-23)20-12-6-7-13-20/h18-20H,2-17H2,1H3,(H,27,29). The molecule has 160 valence electrons. The van der Waals surface area contributed by atoms with Crippen LogP contribution in [0.5, 0.6) is 0 Å². The summed E-state index contributed by atoms with van der Waals surface area (Å²) in [5.41, 5.74) is 2.90. The summed E-state index contributed by atoms with van der Waals surface area (Å²) in [5, 5.41) is 3.42. The Labute approximate surface area is 176 Å². The van der Waals surface area contributed by atoms with Gasteiger partial charge < -0.3 is 10.2 Å². The molecule has 4 nitrogen and oxygen atoms in total. The van der Waals surface area contributed by atoms with Gasteiger partial charge in [-0.15, -0.1) is 0 Å². The Bertz CT molecular complexity index is 645. The van der Waals surface area contributed by atoms with E-state index in [2.05, 4.69) is 29.3 Å². The predicted octanol–water partition coefficient (Wildman–Crippen LogP) is 5.96. The predicted molar refractivity (Wildman–Crippen MR) is 120 cm³/mol. The minimum absolute atomic E-state index is 0.0343. The van der Waals surface area contributed by atoms with Crippen molar-refractivity contribution < 1.29 is 4.79 Å². The maximum Gasteiger partial charge on any atom is 0.270 e. The van der Waals surface area contributed by atoms with Gasteiger partial charge in [0, 0.05) is 35.9 Å². The molecular weight excluding hydrogens is 358 g/mol. The number of carbonyl (C=O) groups excluding carboxylic acids is 1. The number of hydrogen-bond acceptors (Lipinski definition) is 3. The summed E-state index contributed by atoms with van der Waals surface area (Å²) in [6, 6.07) is 4.33. The molecule has 0 unspecified atom stereocenters. The zero-order chi connectivity index (χ0) is 20.1. The molecule has 0 radical (unpaired) electrons. The molecule has 2 saturated carbocycles. The van der Waals surface area contributed by atoms with Crippen LogP contribution in [-0.4, -0.2) is 29.5 Å². The first-order chi connectivity index (χ1) is 14.1. The highest BCUT2D eigenvalue weighted by Gasteiger charge is 2.29. The van der Waals surface area contributed by atoms with Gasteiger partial charge in [-0.25, -0.2) is 4.98 Å². The van der Waals surface area contributed by atoms with E-state index in [1.807, 2.05) is 0 Å². The molecule has 1 saturated heterocycles. The first kappa shape index (κ1) is 20.7. The molecule has 1 aromatic heterocycles. The highest BCUT2D eigenvalue weighted by Crippen LogP contribution is 2.35. The van der Waals surface area contributed by atoms with Crippen molar-refractivity contribution in [3.63, 3.8) is 0 Å². The zero-order valence-electron chi connectivity index (χ0n) is 18.3. The van der Waals surface area contributed by atoms with E-state index in [0.29, 0.717) is 11.6 Å². The second kappa shape index (κ2) is 9.49. The third-order valence-electron chi connectivity index (χ3n) is 7.43. The fourth-order valence-corrected chi connectivity index (χ4v) is 5.57. The number of anilines is 1. The Kier molecular flexibility index (Phi) is 6.77. The molecule has 1 amide bonds. The van der Waals surface area contributed by atoms with Crippen molar-refractivity contribution in [2.45, 2.75) is 108 Å². The smallest absolute Gasteiger partial charge is 0.270 e. The van der Waals surface area contributed by atoms with Gasteiger partial charge in [0.05, 0.1) is 0 Å². The second-order valence-electron chi connectivity index (χ2n) is 9.95. The van der Waals surface area contributed by atoms with E-state index in [9.17, 15) is 4.79 Å². The molecule has 4 heteroatoms. The van der Waals surface area contributed by atoms with E-state index < -0.39 is 0 Å². The van der Waals surface area contributed by atoms with Gasteiger partial charge in [-0.2, -0.15) is 0 Å². The van der Waals surface area contributed by atoms with Crippen LogP contribution in [0, 0.1) is 0 Å². The second-order valence-corrected chi connectivity index (χ2v) is 9.95. The van der Waals surface area contributed by atoms with Crippen molar-refractivity contribution in [3.8, 4) is 0 Å². The number of carbonyl (C=O) groups is 1. The number of nitrogens with zero attached hydrogens (tertiary/aromatic N) is 2. The third kappa shape index (κ3) is 5.32. The van der Waals surface area contributed by atoms with Crippen molar-refractivity contribution in [2.24, 2.45) is 0 Å². The van der Waals surface area contributed by atoms with Crippen LogP contribution in [-0.2, 0) is 0 Å². The van der Waals surface area contributed by atoms with E-state index in [1.54, 1.807) is 0 Å². The minimum Gasteiger partial charge on any atom is -0.371 e. The van der Waals surface area contributed by atoms with Gasteiger partial charge >= 0.3 is 0 Å². The topological polar surface area (TPSA) is 45.2 Å². The maximum absolute atomic E-state index is 13.3. The molecule has 2 heterocycles. The number of pyridine rings is 1. The van der Waals surface area contributed by atoms with Gasteiger partial charge in [0.2, 0.25) is 0 Å². The van der Waals surface area contributed by atoms with Crippen molar-refractivity contribution in [1.29, 1.82) is 0 Å². The van der Waals surface area contributed by atoms with Crippen LogP contribution in [0.3, 0.4) is 0 Å². The van der Waals surface area contributed by atoms with E-state index >= 15 is 0 Å². The summed E-state index contributed by atoms with van der Waals surface area (Å²) in [6.45, 7) is 4.46. The molecule has 0 bridgehead atoms. The Morgan fingerprint density at radius 3 is 2.21 bits per heavy atom. The minimum atomic E-state index is -0.0970. The highest BCUT2D eigenvalue weighted by atomic mass is 16.2. The average molecular weight is 398 g/mol. The zero-order valence-corrected chi connectivity index (χ0v) is 18.3. The molecule has 1 aliphatic heterocycles. The summed E-state index contributed by atoms with van der Waals surface area (Å²) in [7, 11) is 0. The first-order valence-corrected chi connectivity index (χ1v) is 12.2. The van der Waals surface area contributed by atoms with Crippen molar-refractivity contribution >= 4 is 11.6 Å².